The van der Waals surface area contributed by atoms with Crippen LogP contribution in [-0.2, 0) is 14.3 Å². The Labute approximate surface area is 115 Å². The van der Waals surface area contributed by atoms with Gasteiger partial charge in [0.25, 0.3) is 5.91 Å². The van der Waals surface area contributed by atoms with E-state index in [2.05, 4.69) is 15.4 Å². The fourth-order valence-electron chi connectivity index (χ4n) is 1.20. The average Bonchev–Trinajstić information content (AvgIpc) is 2.41. The minimum atomic E-state index is -0.561. The quantitative estimate of drug-likeness (QED) is 0.765. The van der Waals surface area contributed by atoms with Crippen molar-refractivity contribution < 1.29 is 19.1 Å². The van der Waals surface area contributed by atoms with Crippen LogP contribution in [0.3, 0.4) is 0 Å². The lowest BCUT2D eigenvalue weighted by molar-refractivity contribution is -0.141. The zero-order valence-corrected chi connectivity index (χ0v) is 11.0. The van der Waals surface area contributed by atoms with Gasteiger partial charge in [0.2, 0.25) is 5.91 Å². The number of esters is 1. The first kappa shape index (κ1) is 15.0. The summed E-state index contributed by atoms with van der Waals surface area (Å²) < 4.78 is 4.35. The van der Waals surface area contributed by atoms with Crippen molar-refractivity contribution in [1.29, 1.82) is 0 Å². The summed E-state index contributed by atoms with van der Waals surface area (Å²) in [5.41, 5.74) is 0.355. The fourth-order valence-corrected chi connectivity index (χ4v) is 1.39. The highest BCUT2D eigenvalue weighted by molar-refractivity contribution is 6.30. The lowest BCUT2D eigenvalue weighted by atomic mass is 10.2. The van der Waals surface area contributed by atoms with Crippen molar-refractivity contribution in [3.63, 3.8) is 0 Å². The van der Waals surface area contributed by atoms with E-state index < -0.39 is 17.8 Å². The number of hydrogen-bond acceptors (Lipinski definition) is 4. The normalized spacial score (nSPS) is 9.58. The van der Waals surface area contributed by atoms with Crippen molar-refractivity contribution in [3.8, 4) is 0 Å². The van der Waals surface area contributed by atoms with E-state index >= 15 is 0 Å². The largest absolute Gasteiger partial charge is 0.468 e. The third-order valence-corrected chi connectivity index (χ3v) is 2.39. The molecule has 0 radical (unpaired) electrons. The molecule has 1 aromatic carbocycles. The second-order valence-corrected chi connectivity index (χ2v) is 3.98. The molecule has 0 bridgehead atoms. The molecule has 0 fully saturated rings. The smallest absolute Gasteiger partial charge is 0.325 e. The van der Waals surface area contributed by atoms with Crippen LogP contribution in [0.15, 0.2) is 24.3 Å². The molecule has 0 aliphatic heterocycles. The number of halogens is 1. The van der Waals surface area contributed by atoms with E-state index in [0.29, 0.717) is 10.6 Å². The lowest BCUT2D eigenvalue weighted by Gasteiger charge is -2.06. The predicted octanol–water partition coefficient (Wildman–Crippen LogP) is 0.359. The Bertz CT molecular complexity index is 490. The van der Waals surface area contributed by atoms with E-state index in [4.69, 9.17) is 11.6 Å². The van der Waals surface area contributed by atoms with Gasteiger partial charge in [0.05, 0.1) is 13.7 Å². The van der Waals surface area contributed by atoms with Crippen molar-refractivity contribution in [2.45, 2.75) is 0 Å². The van der Waals surface area contributed by atoms with E-state index in [1.165, 1.54) is 13.2 Å². The Kier molecular flexibility index (Phi) is 5.81. The molecule has 2 amide bonds. The second kappa shape index (κ2) is 7.38. The molecule has 0 unspecified atom stereocenters. The second-order valence-electron chi connectivity index (χ2n) is 3.55. The maximum absolute atomic E-state index is 11.7. The Morgan fingerprint density at radius 2 is 1.95 bits per heavy atom. The molecule has 0 saturated carbocycles. The van der Waals surface area contributed by atoms with Gasteiger partial charge in [0.1, 0.15) is 6.54 Å². The van der Waals surface area contributed by atoms with Crippen LogP contribution in [0, 0.1) is 0 Å². The number of carbonyl (C=O) groups excluding carboxylic acids is 3. The van der Waals surface area contributed by atoms with Crippen molar-refractivity contribution >= 4 is 29.4 Å². The summed E-state index contributed by atoms with van der Waals surface area (Å²) in [7, 11) is 1.22. The monoisotopic (exact) mass is 284 g/mol. The van der Waals surface area contributed by atoms with Gasteiger partial charge in [-0.05, 0) is 18.2 Å². The molecular weight excluding hydrogens is 272 g/mol. The van der Waals surface area contributed by atoms with Gasteiger partial charge in [-0.1, -0.05) is 17.7 Å². The highest BCUT2D eigenvalue weighted by Crippen LogP contribution is 2.10. The summed E-state index contributed by atoms with van der Waals surface area (Å²) in [5.74, 6) is -1.47. The topological polar surface area (TPSA) is 84.5 Å². The van der Waals surface area contributed by atoms with Gasteiger partial charge in [-0.25, -0.2) is 0 Å². The minimum absolute atomic E-state index is 0.234. The molecule has 102 valence electrons. The first-order valence-electron chi connectivity index (χ1n) is 5.40. The van der Waals surface area contributed by atoms with Crippen LogP contribution >= 0.6 is 11.6 Å². The van der Waals surface area contributed by atoms with E-state index in [9.17, 15) is 14.4 Å². The summed E-state index contributed by atoms with van der Waals surface area (Å²) >= 11 is 5.74. The van der Waals surface area contributed by atoms with Gasteiger partial charge >= 0.3 is 5.97 Å². The molecule has 0 aliphatic rings. The average molecular weight is 285 g/mol. The highest BCUT2D eigenvalue weighted by atomic mass is 35.5. The minimum Gasteiger partial charge on any atom is -0.468 e. The van der Waals surface area contributed by atoms with Gasteiger partial charge in [0, 0.05) is 10.6 Å². The van der Waals surface area contributed by atoms with E-state index in [1.807, 2.05) is 0 Å². The first-order valence-corrected chi connectivity index (χ1v) is 5.78. The van der Waals surface area contributed by atoms with Crippen molar-refractivity contribution in [1.82, 2.24) is 10.6 Å². The number of methoxy groups -OCH3 is 1. The number of rotatable bonds is 5. The number of amides is 2. The standard InChI is InChI=1S/C12H13ClN2O4/c1-19-11(17)7-14-10(16)6-15-12(18)8-3-2-4-9(13)5-8/h2-5H,6-7H2,1H3,(H,14,16)(H,15,18). The summed E-state index contributed by atoms with van der Waals surface area (Å²) in [6.45, 7) is -0.468. The summed E-state index contributed by atoms with van der Waals surface area (Å²) in [4.78, 5) is 33.7. The summed E-state index contributed by atoms with van der Waals surface area (Å²) in [6, 6.07) is 6.34. The Balaban J connectivity index is 2.38. The lowest BCUT2D eigenvalue weighted by Crippen LogP contribution is -2.39. The van der Waals surface area contributed by atoms with Crippen LogP contribution in [-0.4, -0.2) is 38.0 Å². The van der Waals surface area contributed by atoms with Crippen LogP contribution in [0.5, 0.6) is 0 Å². The molecule has 0 saturated heterocycles. The number of hydrogen-bond donors (Lipinski definition) is 2. The van der Waals surface area contributed by atoms with Gasteiger partial charge < -0.3 is 15.4 Å². The zero-order valence-electron chi connectivity index (χ0n) is 10.2. The van der Waals surface area contributed by atoms with E-state index in [1.54, 1.807) is 18.2 Å². The molecule has 2 N–H and O–H groups in total. The molecule has 0 spiro atoms. The number of carbonyl (C=O) groups is 3. The molecule has 0 heterocycles. The van der Waals surface area contributed by atoms with Gasteiger partial charge in [-0.15, -0.1) is 0 Å². The van der Waals surface area contributed by atoms with Crippen LogP contribution in [0.1, 0.15) is 10.4 Å². The van der Waals surface area contributed by atoms with Gasteiger partial charge in [-0.2, -0.15) is 0 Å². The number of nitrogens with one attached hydrogen (secondary N) is 2. The Morgan fingerprint density at radius 3 is 2.58 bits per heavy atom. The molecule has 0 aromatic heterocycles. The summed E-state index contributed by atoms with van der Waals surface area (Å²) in [5, 5.41) is 5.14. The van der Waals surface area contributed by atoms with Gasteiger partial charge in [-0.3, -0.25) is 14.4 Å². The third-order valence-electron chi connectivity index (χ3n) is 2.15. The van der Waals surface area contributed by atoms with E-state index in [0.717, 1.165) is 0 Å². The van der Waals surface area contributed by atoms with Crippen molar-refractivity contribution in [2.24, 2.45) is 0 Å². The zero-order chi connectivity index (χ0) is 14.3. The third kappa shape index (κ3) is 5.39. The van der Waals surface area contributed by atoms with Crippen LogP contribution in [0.25, 0.3) is 0 Å². The Morgan fingerprint density at radius 1 is 1.21 bits per heavy atom. The highest BCUT2D eigenvalue weighted by Gasteiger charge is 2.09. The molecule has 1 rings (SSSR count). The van der Waals surface area contributed by atoms with Crippen LogP contribution in [0.2, 0.25) is 5.02 Å². The molecule has 7 heteroatoms. The number of ether oxygens (including phenoxy) is 1. The molecule has 6 nitrogen and oxygen atoms in total. The molecule has 19 heavy (non-hydrogen) atoms. The molecular formula is C12H13ClN2O4. The maximum atomic E-state index is 11.7. The van der Waals surface area contributed by atoms with Crippen LogP contribution < -0.4 is 10.6 Å². The number of benzene rings is 1. The SMILES string of the molecule is COC(=O)CNC(=O)CNC(=O)c1cccc(Cl)c1. The van der Waals surface area contributed by atoms with E-state index in [-0.39, 0.29) is 13.1 Å². The molecule has 0 atom stereocenters. The first-order chi connectivity index (χ1) is 9.02. The van der Waals surface area contributed by atoms with Gasteiger partial charge in [0.15, 0.2) is 0 Å². The predicted molar refractivity (Wildman–Crippen MR) is 68.8 cm³/mol. The van der Waals surface area contributed by atoms with Crippen LogP contribution in [0.4, 0.5) is 0 Å². The Hall–Kier alpha value is -2.08. The fraction of sp³-hybridized carbons (Fsp3) is 0.250. The maximum Gasteiger partial charge on any atom is 0.325 e. The van der Waals surface area contributed by atoms with Crippen molar-refractivity contribution in [2.75, 3.05) is 20.2 Å². The molecule has 1 aromatic rings. The molecule has 0 aliphatic carbocycles. The summed E-state index contributed by atoms with van der Waals surface area (Å²) in [6.07, 6.45) is 0. The van der Waals surface area contributed by atoms with Crippen molar-refractivity contribution in [3.05, 3.63) is 34.9 Å².